The minimum atomic E-state index is -0.530. The molecule has 1 aromatic heterocycles. The maximum Gasteiger partial charge on any atom is 0.390 e. The Bertz CT molecular complexity index is 456. The highest BCUT2D eigenvalue weighted by Gasteiger charge is 2.15. The van der Waals surface area contributed by atoms with Gasteiger partial charge < -0.3 is 15.4 Å². The van der Waals surface area contributed by atoms with Gasteiger partial charge in [-0.2, -0.15) is 4.68 Å². The molecular formula is C13H22N4O3. The smallest absolute Gasteiger partial charge is 0.358 e. The number of hydrogen-bond acceptors (Lipinski definition) is 4. The van der Waals surface area contributed by atoms with Crippen molar-refractivity contribution >= 4 is 11.7 Å². The number of aromatic nitrogens is 2. The van der Waals surface area contributed by atoms with Crippen LogP contribution in [-0.4, -0.2) is 27.2 Å². The topological polar surface area (TPSA) is 90.1 Å². The molecule has 1 rings (SSSR count). The van der Waals surface area contributed by atoms with E-state index in [9.17, 15) is 14.9 Å². The number of nitrogens with one attached hydrogen (secondary N) is 1. The third kappa shape index (κ3) is 5.38. The van der Waals surface area contributed by atoms with E-state index in [2.05, 4.69) is 17.3 Å². The van der Waals surface area contributed by atoms with Crippen molar-refractivity contribution in [2.45, 2.75) is 52.5 Å². The van der Waals surface area contributed by atoms with E-state index in [1.807, 2.05) is 0 Å². The Morgan fingerprint density at radius 1 is 1.45 bits per heavy atom. The summed E-state index contributed by atoms with van der Waals surface area (Å²) in [7, 11) is 0. The minimum Gasteiger partial charge on any atom is -0.358 e. The van der Waals surface area contributed by atoms with Gasteiger partial charge in [-0.1, -0.05) is 26.2 Å². The Kier molecular flexibility index (Phi) is 6.69. The number of nitrogens with zero attached hydrogens (tertiary/aromatic N) is 3. The van der Waals surface area contributed by atoms with E-state index in [-0.39, 0.29) is 18.1 Å². The SMILES string of the molecule is CCCCCCNC(=O)CCn1nc([N+](=O)[O-])cc1C. The van der Waals surface area contributed by atoms with Crippen molar-refractivity contribution in [1.29, 1.82) is 0 Å². The van der Waals surface area contributed by atoms with Gasteiger partial charge in [0.05, 0.1) is 23.4 Å². The lowest BCUT2D eigenvalue weighted by atomic mass is 10.2. The van der Waals surface area contributed by atoms with Crippen molar-refractivity contribution in [3.05, 3.63) is 21.9 Å². The molecule has 0 aliphatic heterocycles. The molecule has 7 nitrogen and oxygen atoms in total. The van der Waals surface area contributed by atoms with Crippen LogP contribution in [0.25, 0.3) is 0 Å². The van der Waals surface area contributed by atoms with Crippen LogP contribution >= 0.6 is 0 Å². The first-order chi connectivity index (χ1) is 9.54. The Labute approximate surface area is 118 Å². The third-order valence-corrected chi connectivity index (χ3v) is 3.06. The van der Waals surface area contributed by atoms with Gasteiger partial charge in [0.15, 0.2) is 0 Å². The largest absolute Gasteiger partial charge is 0.390 e. The van der Waals surface area contributed by atoms with E-state index in [1.165, 1.54) is 23.6 Å². The zero-order chi connectivity index (χ0) is 15.0. The summed E-state index contributed by atoms with van der Waals surface area (Å²) in [5.41, 5.74) is 0.687. The fourth-order valence-corrected chi connectivity index (χ4v) is 1.88. The highest BCUT2D eigenvalue weighted by molar-refractivity contribution is 5.75. The normalized spacial score (nSPS) is 10.5. The van der Waals surface area contributed by atoms with Gasteiger partial charge in [-0.15, -0.1) is 0 Å². The van der Waals surface area contributed by atoms with Crippen LogP contribution < -0.4 is 5.32 Å². The molecule has 0 aliphatic carbocycles. The lowest BCUT2D eigenvalue weighted by Crippen LogP contribution is -2.25. The number of amides is 1. The van der Waals surface area contributed by atoms with Crippen LogP contribution in [0.4, 0.5) is 5.82 Å². The molecule has 0 aliphatic rings. The molecule has 0 aromatic carbocycles. The van der Waals surface area contributed by atoms with Crippen LogP contribution in [0.1, 0.15) is 44.7 Å². The molecule has 7 heteroatoms. The fraction of sp³-hybridized carbons (Fsp3) is 0.692. The summed E-state index contributed by atoms with van der Waals surface area (Å²) >= 11 is 0. The molecule has 0 atom stereocenters. The summed E-state index contributed by atoms with van der Waals surface area (Å²) in [6.45, 7) is 4.93. The van der Waals surface area contributed by atoms with Gasteiger partial charge >= 0.3 is 5.82 Å². The highest BCUT2D eigenvalue weighted by atomic mass is 16.6. The van der Waals surface area contributed by atoms with E-state index in [1.54, 1.807) is 6.92 Å². The van der Waals surface area contributed by atoms with Crippen LogP contribution in [0, 0.1) is 17.0 Å². The van der Waals surface area contributed by atoms with E-state index < -0.39 is 4.92 Å². The zero-order valence-corrected chi connectivity index (χ0v) is 12.1. The van der Waals surface area contributed by atoms with Gasteiger partial charge in [0, 0.05) is 13.0 Å². The maximum atomic E-state index is 11.6. The average molecular weight is 282 g/mol. The van der Waals surface area contributed by atoms with Gasteiger partial charge in [0.25, 0.3) is 0 Å². The van der Waals surface area contributed by atoms with Gasteiger partial charge in [-0.05, 0) is 18.3 Å². The summed E-state index contributed by atoms with van der Waals surface area (Å²) in [6.07, 6.45) is 4.76. The maximum absolute atomic E-state index is 11.6. The molecule has 112 valence electrons. The summed E-state index contributed by atoms with van der Waals surface area (Å²) in [5.74, 6) is -0.221. The number of nitro groups is 1. The summed E-state index contributed by atoms with van der Waals surface area (Å²) in [5, 5.41) is 17.3. The lowest BCUT2D eigenvalue weighted by molar-refractivity contribution is -0.389. The lowest BCUT2D eigenvalue weighted by Gasteiger charge is -2.04. The quantitative estimate of drug-likeness (QED) is 0.427. The van der Waals surface area contributed by atoms with Crippen LogP contribution in [0.5, 0.6) is 0 Å². The van der Waals surface area contributed by atoms with Crippen molar-refractivity contribution in [3.63, 3.8) is 0 Å². The summed E-state index contributed by atoms with van der Waals surface area (Å²) < 4.78 is 1.49. The van der Waals surface area contributed by atoms with Crippen LogP contribution in [-0.2, 0) is 11.3 Å². The minimum absolute atomic E-state index is 0.0425. The molecular weight excluding hydrogens is 260 g/mol. The third-order valence-electron chi connectivity index (χ3n) is 3.06. The van der Waals surface area contributed by atoms with Crippen molar-refractivity contribution in [1.82, 2.24) is 15.1 Å². The Hall–Kier alpha value is -1.92. The molecule has 1 aromatic rings. The first kappa shape index (κ1) is 16.1. The Morgan fingerprint density at radius 2 is 2.20 bits per heavy atom. The molecule has 0 radical (unpaired) electrons. The summed E-state index contributed by atoms with van der Waals surface area (Å²) in [6, 6.07) is 1.41. The average Bonchev–Trinajstić information content (AvgIpc) is 2.78. The standard InChI is InChI=1S/C13H22N4O3/c1-3-4-5-6-8-14-13(18)7-9-16-11(2)10-12(15-16)17(19)20/h10H,3-9H2,1-2H3,(H,14,18). The number of hydrogen-bond donors (Lipinski definition) is 1. The molecule has 0 saturated carbocycles. The summed E-state index contributed by atoms with van der Waals surface area (Å²) in [4.78, 5) is 21.7. The number of aryl methyl sites for hydroxylation is 2. The highest BCUT2D eigenvalue weighted by Crippen LogP contribution is 2.11. The van der Waals surface area contributed by atoms with Crippen molar-refractivity contribution < 1.29 is 9.72 Å². The molecule has 1 N–H and O–H groups in total. The van der Waals surface area contributed by atoms with Crippen molar-refractivity contribution in [2.75, 3.05) is 6.54 Å². The molecule has 0 fully saturated rings. The van der Waals surface area contributed by atoms with E-state index in [0.29, 0.717) is 18.8 Å². The zero-order valence-electron chi connectivity index (χ0n) is 12.1. The second-order valence-electron chi connectivity index (χ2n) is 4.78. The first-order valence-electron chi connectivity index (χ1n) is 7.00. The molecule has 20 heavy (non-hydrogen) atoms. The first-order valence-corrected chi connectivity index (χ1v) is 7.00. The van der Waals surface area contributed by atoms with Crippen LogP contribution in [0.3, 0.4) is 0 Å². The Balaban J connectivity index is 2.28. The molecule has 0 saturated heterocycles. The molecule has 1 amide bonds. The second-order valence-corrected chi connectivity index (χ2v) is 4.78. The van der Waals surface area contributed by atoms with E-state index in [4.69, 9.17) is 0 Å². The monoisotopic (exact) mass is 282 g/mol. The van der Waals surface area contributed by atoms with E-state index in [0.717, 1.165) is 12.8 Å². The van der Waals surface area contributed by atoms with Crippen LogP contribution in [0.15, 0.2) is 6.07 Å². The number of unbranched alkanes of at least 4 members (excludes halogenated alkanes) is 3. The Morgan fingerprint density at radius 3 is 2.80 bits per heavy atom. The number of rotatable bonds is 9. The van der Waals surface area contributed by atoms with Crippen molar-refractivity contribution in [3.8, 4) is 0 Å². The predicted molar refractivity (Wildman–Crippen MR) is 75.4 cm³/mol. The van der Waals surface area contributed by atoms with Gasteiger partial charge in [0.2, 0.25) is 5.91 Å². The fourth-order valence-electron chi connectivity index (χ4n) is 1.88. The molecule has 0 spiro atoms. The number of carbonyl (C=O) groups excluding carboxylic acids is 1. The molecule has 1 heterocycles. The van der Waals surface area contributed by atoms with Crippen molar-refractivity contribution in [2.24, 2.45) is 0 Å². The van der Waals surface area contributed by atoms with Gasteiger partial charge in [-0.3, -0.25) is 4.79 Å². The predicted octanol–water partition coefficient (Wildman–Crippen LogP) is 2.19. The van der Waals surface area contributed by atoms with Gasteiger partial charge in [0.1, 0.15) is 0 Å². The molecule has 0 bridgehead atoms. The number of carbonyl (C=O) groups is 1. The molecule has 0 unspecified atom stereocenters. The van der Waals surface area contributed by atoms with Crippen LogP contribution in [0.2, 0.25) is 0 Å². The van der Waals surface area contributed by atoms with Gasteiger partial charge in [-0.25, -0.2) is 0 Å². The van der Waals surface area contributed by atoms with E-state index >= 15 is 0 Å². The second kappa shape index (κ2) is 8.29.